The lowest BCUT2D eigenvalue weighted by atomic mass is 10.1. The topological polar surface area (TPSA) is 89.3 Å². The zero-order valence-corrected chi connectivity index (χ0v) is 13.3. The number of nitrogens with two attached hydrogens (primary N) is 1. The molecule has 5 nitrogen and oxygen atoms in total. The number of hydrogen-bond acceptors (Lipinski definition) is 3. The standard InChI is InChI=1S/C16H17FN2O3S/c1-11(13-5-7-15(8-6-13)23(18,21)22)19-16(20)10-12-3-2-4-14(17)9-12/h2-9,11H,10H2,1H3,(H,19,20)(H2,18,21,22)/t11-/m0/s1. The largest absolute Gasteiger partial charge is 0.349 e. The molecule has 0 aliphatic rings. The number of primary sulfonamides is 1. The van der Waals surface area contributed by atoms with Gasteiger partial charge in [0.15, 0.2) is 0 Å². The highest BCUT2D eigenvalue weighted by Gasteiger charge is 2.12. The Hall–Kier alpha value is -2.25. The lowest BCUT2D eigenvalue weighted by molar-refractivity contribution is -0.121. The molecule has 1 atom stereocenters. The maximum absolute atomic E-state index is 13.1. The van der Waals surface area contributed by atoms with E-state index in [0.717, 1.165) is 5.56 Å². The van der Waals surface area contributed by atoms with Gasteiger partial charge in [-0.25, -0.2) is 17.9 Å². The molecule has 0 heterocycles. The van der Waals surface area contributed by atoms with Crippen molar-refractivity contribution in [3.05, 3.63) is 65.5 Å². The molecule has 23 heavy (non-hydrogen) atoms. The van der Waals surface area contributed by atoms with Gasteiger partial charge in [-0.3, -0.25) is 4.79 Å². The van der Waals surface area contributed by atoms with Crippen LogP contribution in [0.15, 0.2) is 53.4 Å². The number of benzene rings is 2. The molecule has 0 aliphatic heterocycles. The van der Waals surface area contributed by atoms with Crippen LogP contribution in [0.2, 0.25) is 0 Å². The number of halogens is 1. The predicted octanol–water partition coefficient (Wildman–Crippen LogP) is 1.89. The van der Waals surface area contributed by atoms with E-state index in [1.165, 1.54) is 24.3 Å². The molecule has 0 bridgehead atoms. The normalized spacial score (nSPS) is 12.7. The number of rotatable bonds is 5. The van der Waals surface area contributed by atoms with Crippen molar-refractivity contribution in [3.63, 3.8) is 0 Å². The van der Waals surface area contributed by atoms with E-state index in [4.69, 9.17) is 5.14 Å². The van der Waals surface area contributed by atoms with Gasteiger partial charge in [0.2, 0.25) is 15.9 Å². The van der Waals surface area contributed by atoms with Crippen molar-refractivity contribution in [2.75, 3.05) is 0 Å². The average molecular weight is 336 g/mol. The zero-order valence-electron chi connectivity index (χ0n) is 12.5. The van der Waals surface area contributed by atoms with Gasteiger partial charge >= 0.3 is 0 Å². The summed E-state index contributed by atoms with van der Waals surface area (Å²) in [4.78, 5) is 12.0. The number of carbonyl (C=O) groups excluding carboxylic acids is 1. The average Bonchev–Trinajstić information content (AvgIpc) is 2.46. The Kier molecular flexibility index (Phi) is 5.12. The van der Waals surface area contributed by atoms with Crippen LogP contribution in [0.4, 0.5) is 4.39 Å². The van der Waals surface area contributed by atoms with Crippen molar-refractivity contribution in [1.29, 1.82) is 0 Å². The molecule has 7 heteroatoms. The molecule has 0 radical (unpaired) electrons. The van der Waals surface area contributed by atoms with Gasteiger partial charge in [0.05, 0.1) is 17.4 Å². The summed E-state index contributed by atoms with van der Waals surface area (Å²) in [5.74, 6) is -0.638. The molecule has 1 amide bonds. The van der Waals surface area contributed by atoms with Crippen molar-refractivity contribution in [1.82, 2.24) is 5.32 Å². The molecule has 2 rings (SSSR count). The molecule has 0 saturated heterocycles. The first-order valence-electron chi connectivity index (χ1n) is 6.92. The molecule has 0 fully saturated rings. The third-order valence-electron chi connectivity index (χ3n) is 3.34. The molecule has 2 aromatic carbocycles. The number of carbonyl (C=O) groups is 1. The Morgan fingerprint density at radius 2 is 1.87 bits per heavy atom. The number of amides is 1. The van der Waals surface area contributed by atoms with Crippen LogP contribution in [0.25, 0.3) is 0 Å². The summed E-state index contributed by atoms with van der Waals surface area (Å²) in [7, 11) is -3.74. The van der Waals surface area contributed by atoms with E-state index in [1.807, 2.05) is 0 Å². The monoisotopic (exact) mass is 336 g/mol. The zero-order chi connectivity index (χ0) is 17.0. The number of nitrogens with one attached hydrogen (secondary N) is 1. The molecule has 0 aromatic heterocycles. The van der Waals surface area contributed by atoms with E-state index in [0.29, 0.717) is 5.56 Å². The van der Waals surface area contributed by atoms with Crippen molar-refractivity contribution < 1.29 is 17.6 Å². The van der Waals surface area contributed by atoms with Crippen LogP contribution >= 0.6 is 0 Å². The van der Waals surface area contributed by atoms with Gasteiger partial charge in [-0.2, -0.15) is 0 Å². The Morgan fingerprint density at radius 1 is 1.22 bits per heavy atom. The Morgan fingerprint density at radius 3 is 2.43 bits per heavy atom. The summed E-state index contributed by atoms with van der Waals surface area (Å²) >= 11 is 0. The molecule has 0 saturated carbocycles. The van der Waals surface area contributed by atoms with E-state index in [1.54, 1.807) is 31.2 Å². The van der Waals surface area contributed by atoms with Gasteiger partial charge in [0.1, 0.15) is 5.82 Å². The maximum Gasteiger partial charge on any atom is 0.238 e. The summed E-state index contributed by atoms with van der Waals surface area (Å²) in [5.41, 5.74) is 1.32. The Bertz CT molecular complexity index is 804. The molecule has 3 N–H and O–H groups in total. The van der Waals surface area contributed by atoms with Gasteiger partial charge in [0.25, 0.3) is 0 Å². The summed E-state index contributed by atoms with van der Waals surface area (Å²) < 4.78 is 35.5. The molecule has 0 unspecified atom stereocenters. The molecular formula is C16H17FN2O3S. The fraction of sp³-hybridized carbons (Fsp3) is 0.188. The van der Waals surface area contributed by atoms with E-state index in [-0.39, 0.29) is 29.1 Å². The summed E-state index contributed by atoms with van der Waals surface area (Å²) in [6.45, 7) is 1.77. The first kappa shape index (κ1) is 17.1. The van der Waals surface area contributed by atoms with Crippen molar-refractivity contribution in [2.24, 2.45) is 5.14 Å². The summed E-state index contributed by atoms with van der Waals surface area (Å²) in [6.07, 6.45) is 0.0668. The fourth-order valence-corrected chi connectivity index (χ4v) is 2.67. The first-order chi connectivity index (χ1) is 10.8. The van der Waals surface area contributed by atoms with Gasteiger partial charge in [-0.15, -0.1) is 0 Å². The second kappa shape index (κ2) is 6.89. The SMILES string of the molecule is C[C@H](NC(=O)Cc1cccc(F)c1)c1ccc(S(N)(=O)=O)cc1. The van der Waals surface area contributed by atoms with Crippen LogP contribution in [0, 0.1) is 5.82 Å². The fourth-order valence-electron chi connectivity index (χ4n) is 2.15. The lowest BCUT2D eigenvalue weighted by Crippen LogP contribution is -2.28. The predicted molar refractivity (Wildman–Crippen MR) is 84.5 cm³/mol. The van der Waals surface area contributed by atoms with Crippen LogP contribution in [-0.2, 0) is 21.2 Å². The van der Waals surface area contributed by atoms with Crippen LogP contribution < -0.4 is 10.5 Å². The first-order valence-corrected chi connectivity index (χ1v) is 8.47. The lowest BCUT2D eigenvalue weighted by Gasteiger charge is -2.15. The van der Waals surface area contributed by atoms with E-state index < -0.39 is 10.0 Å². The van der Waals surface area contributed by atoms with Crippen LogP contribution in [-0.4, -0.2) is 14.3 Å². The Labute approximate surface area is 134 Å². The molecule has 2 aromatic rings. The van der Waals surface area contributed by atoms with Gasteiger partial charge in [-0.05, 0) is 42.3 Å². The van der Waals surface area contributed by atoms with E-state index in [2.05, 4.69) is 5.32 Å². The highest BCUT2D eigenvalue weighted by Crippen LogP contribution is 2.16. The smallest absolute Gasteiger partial charge is 0.238 e. The maximum atomic E-state index is 13.1. The Balaban J connectivity index is 2.01. The molecule has 0 spiro atoms. The van der Waals surface area contributed by atoms with E-state index in [9.17, 15) is 17.6 Å². The highest BCUT2D eigenvalue weighted by atomic mass is 32.2. The minimum atomic E-state index is -3.74. The van der Waals surface area contributed by atoms with Crippen molar-refractivity contribution in [3.8, 4) is 0 Å². The third kappa shape index (κ3) is 4.87. The van der Waals surface area contributed by atoms with Gasteiger partial charge < -0.3 is 5.32 Å². The quantitative estimate of drug-likeness (QED) is 0.874. The summed E-state index contributed by atoms with van der Waals surface area (Å²) in [6, 6.07) is 11.5. The summed E-state index contributed by atoms with van der Waals surface area (Å²) in [5, 5.41) is 7.81. The van der Waals surface area contributed by atoms with Gasteiger partial charge in [-0.1, -0.05) is 24.3 Å². The minimum absolute atomic E-state index is 0.0135. The molecule has 0 aliphatic carbocycles. The van der Waals surface area contributed by atoms with Crippen LogP contribution in [0.3, 0.4) is 0 Å². The third-order valence-corrected chi connectivity index (χ3v) is 4.27. The molecular weight excluding hydrogens is 319 g/mol. The van der Waals surface area contributed by atoms with Crippen LogP contribution in [0.1, 0.15) is 24.1 Å². The number of sulfonamides is 1. The second-order valence-electron chi connectivity index (χ2n) is 5.21. The minimum Gasteiger partial charge on any atom is -0.349 e. The van der Waals surface area contributed by atoms with Crippen molar-refractivity contribution in [2.45, 2.75) is 24.3 Å². The molecule has 122 valence electrons. The van der Waals surface area contributed by atoms with Crippen LogP contribution in [0.5, 0.6) is 0 Å². The highest BCUT2D eigenvalue weighted by molar-refractivity contribution is 7.89. The van der Waals surface area contributed by atoms with E-state index >= 15 is 0 Å². The second-order valence-corrected chi connectivity index (χ2v) is 6.77. The van der Waals surface area contributed by atoms with Gasteiger partial charge in [0, 0.05) is 0 Å². The number of hydrogen-bond donors (Lipinski definition) is 2. The van der Waals surface area contributed by atoms with Crippen molar-refractivity contribution >= 4 is 15.9 Å².